The fourth-order valence-electron chi connectivity index (χ4n) is 6.26. The standard InChI is InChI=1S/C29H39N7O6/c1-17-14-18-6-4-7-19(15-18)25(17)34-24(38)16-36-13-5-8-21(29(36)42)33-26(39)20(9-10-23(37)28(41)30-2)32-27(40)22-11-12-31-35(22)3/h5,8,11-13,17-20,25H,4,6-7,9-10,14-16H2,1-3H3,(H,30,41)(H,32,40)(H,33,39)(H,34,38). The first-order valence-electron chi connectivity index (χ1n) is 14.4. The summed E-state index contributed by atoms with van der Waals surface area (Å²) in [5.74, 6) is -1.66. The van der Waals surface area contributed by atoms with Crippen molar-refractivity contribution in [2.75, 3.05) is 12.4 Å². The largest absolute Gasteiger partial charge is 0.353 e. The first-order chi connectivity index (χ1) is 20.1. The second-order valence-corrected chi connectivity index (χ2v) is 11.4. The van der Waals surface area contributed by atoms with Crippen LogP contribution >= 0.6 is 0 Å². The summed E-state index contributed by atoms with van der Waals surface area (Å²) in [5, 5.41) is 14.4. The molecule has 5 atom stereocenters. The number of rotatable bonds is 11. The quantitative estimate of drug-likeness (QED) is 0.283. The molecule has 4 amide bonds. The SMILES string of the molecule is CNC(=O)C(=O)CCC(NC(=O)c1ccnn1C)C(=O)Nc1cccn(CC(=O)NC2C(C)CC3CCCC2C3)c1=O. The van der Waals surface area contributed by atoms with Gasteiger partial charge in [-0.15, -0.1) is 0 Å². The molecular weight excluding hydrogens is 542 g/mol. The smallest absolute Gasteiger partial charge is 0.287 e. The number of carbonyl (C=O) groups excluding carboxylic acids is 5. The molecule has 0 aliphatic heterocycles. The molecule has 5 unspecified atom stereocenters. The van der Waals surface area contributed by atoms with Crippen molar-refractivity contribution in [3.8, 4) is 0 Å². The zero-order valence-electron chi connectivity index (χ0n) is 24.2. The molecule has 4 rings (SSSR count). The van der Waals surface area contributed by atoms with Crippen LogP contribution < -0.4 is 26.8 Å². The van der Waals surface area contributed by atoms with Crippen LogP contribution in [-0.4, -0.2) is 62.9 Å². The highest BCUT2D eigenvalue weighted by Gasteiger charge is 2.38. The van der Waals surface area contributed by atoms with E-state index in [1.54, 1.807) is 7.05 Å². The molecule has 2 fully saturated rings. The summed E-state index contributed by atoms with van der Waals surface area (Å²) >= 11 is 0. The van der Waals surface area contributed by atoms with Gasteiger partial charge in [0.25, 0.3) is 17.4 Å². The van der Waals surface area contributed by atoms with Crippen molar-refractivity contribution >= 4 is 35.1 Å². The summed E-state index contributed by atoms with van der Waals surface area (Å²) in [6.45, 7) is 1.96. The maximum absolute atomic E-state index is 13.3. The first kappa shape index (κ1) is 30.7. The maximum atomic E-state index is 13.3. The van der Waals surface area contributed by atoms with Gasteiger partial charge in [0.15, 0.2) is 0 Å². The normalized spacial score (nSPS) is 22.0. The van der Waals surface area contributed by atoms with E-state index in [1.165, 1.54) is 59.7 Å². The number of aryl methyl sites for hydroxylation is 1. The lowest BCUT2D eigenvalue weighted by molar-refractivity contribution is -0.137. The van der Waals surface area contributed by atoms with E-state index in [2.05, 4.69) is 33.3 Å². The number of ketones is 1. The molecule has 2 aliphatic rings. The van der Waals surface area contributed by atoms with Crippen LogP contribution in [0, 0.1) is 17.8 Å². The van der Waals surface area contributed by atoms with Crippen molar-refractivity contribution < 1.29 is 24.0 Å². The summed E-state index contributed by atoms with van der Waals surface area (Å²) in [7, 11) is 2.87. The van der Waals surface area contributed by atoms with Crippen LogP contribution in [0.1, 0.15) is 62.4 Å². The number of fused-ring (bicyclic) bond motifs is 2. The number of anilines is 1. The number of hydrogen-bond donors (Lipinski definition) is 4. The second kappa shape index (κ2) is 13.6. The predicted molar refractivity (Wildman–Crippen MR) is 153 cm³/mol. The molecule has 2 aromatic rings. The van der Waals surface area contributed by atoms with Crippen molar-refractivity contribution in [3.05, 3.63) is 46.6 Å². The van der Waals surface area contributed by atoms with Crippen LogP contribution in [0.4, 0.5) is 5.69 Å². The van der Waals surface area contributed by atoms with Crippen LogP contribution in [0.5, 0.6) is 0 Å². The van der Waals surface area contributed by atoms with Gasteiger partial charge in [-0.1, -0.05) is 19.8 Å². The topological polar surface area (TPSA) is 173 Å². The van der Waals surface area contributed by atoms with Gasteiger partial charge in [-0.25, -0.2) is 0 Å². The average molecular weight is 582 g/mol. The third kappa shape index (κ3) is 7.31. The van der Waals surface area contributed by atoms with Crippen molar-refractivity contribution in [1.29, 1.82) is 0 Å². The molecule has 2 heterocycles. The molecule has 2 bridgehead atoms. The molecule has 2 aliphatic carbocycles. The molecule has 4 N–H and O–H groups in total. The summed E-state index contributed by atoms with van der Waals surface area (Å²) in [4.78, 5) is 76.0. The molecular formula is C29H39N7O6. The van der Waals surface area contributed by atoms with Crippen molar-refractivity contribution in [1.82, 2.24) is 30.3 Å². The molecule has 2 saturated carbocycles. The minimum Gasteiger partial charge on any atom is -0.353 e. The third-order valence-corrected chi connectivity index (χ3v) is 8.38. The fraction of sp³-hybridized carbons (Fsp3) is 0.552. The number of pyridine rings is 1. The number of nitrogens with one attached hydrogen (secondary N) is 4. The molecule has 226 valence electrons. The van der Waals surface area contributed by atoms with Gasteiger partial charge in [0.1, 0.15) is 24.0 Å². The Morgan fingerprint density at radius 3 is 2.62 bits per heavy atom. The highest BCUT2D eigenvalue weighted by molar-refractivity contribution is 6.36. The lowest BCUT2D eigenvalue weighted by atomic mass is 9.65. The molecule has 42 heavy (non-hydrogen) atoms. The van der Waals surface area contributed by atoms with E-state index in [4.69, 9.17) is 0 Å². The Morgan fingerprint density at radius 2 is 1.90 bits per heavy atom. The lowest BCUT2D eigenvalue weighted by Crippen LogP contribution is -2.50. The van der Waals surface area contributed by atoms with Crippen LogP contribution in [0.2, 0.25) is 0 Å². The maximum Gasteiger partial charge on any atom is 0.287 e. The minimum absolute atomic E-state index is 0.0777. The van der Waals surface area contributed by atoms with Crippen molar-refractivity contribution in [3.63, 3.8) is 0 Å². The number of Topliss-reactive ketones (excluding diaryl/α,β-unsaturated/α-hetero) is 1. The van der Waals surface area contributed by atoms with Crippen molar-refractivity contribution in [2.24, 2.45) is 24.8 Å². The zero-order chi connectivity index (χ0) is 30.4. The minimum atomic E-state index is -1.25. The van der Waals surface area contributed by atoms with Gasteiger partial charge < -0.3 is 25.8 Å². The fourth-order valence-corrected chi connectivity index (χ4v) is 6.26. The molecule has 0 aromatic carbocycles. The first-order valence-corrected chi connectivity index (χ1v) is 14.4. The van der Waals surface area contributed by atoms with E-state index >= 15 is 0 Å². The number of nitrogens with zero attached hydrogens (tertiary/aromatic N) is 3. The van der Waals surface area contributed by atoms with E-state index in [9.17, 15) is 28.8 Å². The van der Waals surface area contributed by atoms with Gasteiger partial charge in [0.2, 0.25) is 17.6 Å². The summed E-state index contributed by atoms with van der Waals surface area (Å²) in [6, 6.07) is 3.23. The number of likely N-dealkylation sites (N-methyl/N-ethyl adjacent to an activating group) is 1. The van der Waals surface area contributed by atoms with Gasteiger partial charge in [0.05, 0.1) is 0 Å². The molecule has 2 aromatic heterocycles. The number of amides is 4. The predicted octanol–water partition coefficient (Wildman–Crippen LogP) is 0.745. The molecule has 13 nitrogen and oxygen atoms in total. The Balaban J connectivity index is 1.44. The van der Waals surface area contributed by atoms with Gasteiger partial charge in [-0.2, -0.15) is 5.10 Å². The third-order valence-electron chi connectivity index (χ3n) is 8.38. The second-order valence-electron chi connectivity index (χ2n) is 11.4. The zero-order valence-corrected chi connectivity index (χ0v) is 24.2. The monoisotopic (exact) mass is 581 g/mol. The van der Waals surface area contributed by atoms with Gasteiger partial charge in [0, 0.05) is 39.0 Å². The van der Waals surface area contributed by atoms with Crippen LogP contribution in [0.15, 0.2) is 35.4 Å². The summed E-state index contributed by atoms with van der Waals surface area (Å²) in [5.41, 5.74) is -0.503. The van der Waals surface area contributed by atoms with E-state index < -0.39 is 35.1 Å². The van der Waals surface area contributed by atoms with E-state index in [-0.39, 0.29) is 42.7 Å². The Labute approximate surface area is 243 Å². The number of aromatic nitrogens is 3. The molecule has 0 saturated heterocycles. The Hall–Kier alpha value is -4.29. The summed E-state index contributed by atoms with van der Waals surface area (Å²) < 4.78 is 2.54. The lowest BCUT2D eigenvalue weighted by Gasteiger charge is -2.44. The highest BCUT2D eigenvalue weighted by Crippen LogP contribution is 2.42. The van der Waals surface area contributed by atoms with Gasteiger partial charge >= 0.3 is 0 Å². The van der Waals surface area contributed by atoms with Crippen LogP contribution in [-0.2, 0) is 32.8 Å². The van der Waals surface area contributed by atoms with Crippen LogP contribution in [0.3, 0.4) is 0 Å². The summed E-state index contributed by atoms with van der Waals surface area (Å²) in [6.07, 6.45) is 8.15. The highest BCUT2D eigenvalue weighted by atomic mass is 16.2. The average Bonchev–Trinajstić information content (AvgIpc) is 3.40. The van der Waals surface area contributed by atoms with Crippen LogP contribution in [0.25, 0.3) is 0 Å². The Kier molecular flexibility index (Phi) is 9.92. The van der Waals surface area contributed by atoms with E-state index in [0.717, 1.165) is 25.2 Å². The van der Waals surface area contributed by atoms with E-state index in [1.807, 2.05) is 0 Å². The molecule has 0 radical (unpaired) electrons. The number of hydrogen-bond acceptors (Lipinski definition) is 7. The molecule has 13 heteroatoms. The van der Waals surface area contributed by atoms with E-state index in [0.29, 0.717) is 11.8 Å². The van der Waals surface area contributed by atoms with Crippen molar-refractivity contribution in [2.45, 2.75) is 70.5 Å². The van der Waals surface area contributed by atoms with Gasteiger partial charge in [-0.3, -0.25) is 33.4 Å². The Morgan fingerprint density at radius 1 is 1.12 bits per heavy atom. The van der Waals surface area contributed by atoms with Gasteiger partial charge in [-0.05, 0) is 61.6 Å². The number of carbonyl (C=O) groups is 5. The molecule has 0 spiro atoms. The Bertz CT molecular complexity index is 1400.